The third-order valence-electron chi connectivity index (χ3n) is 4.21. The Labute approximate surface area is 130 Å². The highest BCUT2D eigenvalue weighted by atomic mass is 16.5. The SMILES string of the molecule is COc1ccccc1C1CN(C(=O)C2=CCOCC2)CCN1. The molecule has 1 aromatic rings. The molecule has 0 aromatic heterocycles. The van der Waals surface area contributed by atoms with Crippen molar-refractivity contribution >= 4 is 5.91 Å². The van der Waals surface area contributed by atoms with E-state index in [2.05, 4.69) is 11.4 Å². The Hall–Kier alpha value is -1.85. The van der Waals surface area contributed by atoms with E-state index >= 15 is 0 Å². The lowest BCUT2D eigenvalue weighted by atomic mass is 10.0. The summed E-state index contributed by atoms with van der Waals surface area (Å²) in [6, 6.07) is 8.08. The molecule has 0 bridgehead atoms. The van der Waals surface area contributed by atoms with Crippen LogP contribution < -0.4 is 10.1 Å². The van der Waals surface area contributed by atoms with E-state index in [0.29, 0.717) is 26.2 Å². The van der Waals surface area contributed by atoms with Crippen molar-refractivity contribution in [3.8, 4) is 5.75 Å². The topological polar surface area (TPSA) is 50.8 Å². The summed E-state index contributed by atoms with van der Waals surface area (Å²) in [5, 5.41) is 3.48. The van der Waals surface area contributed by atoms with E-state index in [9.17, 15) is 4.79 Å². The Morgan fingerprint density at radius 3 is 3.05 bits per heavy atom. The van der Waals surface area contributed by atoms with Crippen LogP contribution >= 0.6 is 0 Å². The van der Waals surface area contributed by atoms with Crippen molar-refractivity contribution in [2.24, 2.45) is 0 Å². The van der Waals surface area contributed by atoms with Crippen molar-refractivity contribution in [1.82, 2.24) is 10.2 Å². The molecule has 1 atom stereocenters. The quantitative estimate of drug-likeness (QED) is 0.919. The molecule has 5 heteroatoms. The molecule has 118 valence electrons. The van der Waals surface area contributed by atoms with Crippen LogP contribution in [-0.4, -0.2) is 50.8 Å². The summed E-state index contributed by atoms with van der Waals surface area (Å²) in [5.74, 6) is 1.00. The molecular weight excluding hydrogens is 280 g/mol. The molecule has 22 heavy (non-hydrogen) atoms. The number of rotatable bonds is 3. The fourth-order valence-corrected chi connectivity index (χ4v) is 3.02. The van der Waals surface area contributed by atoms with Gasteiger partial charge in [0, 0.05) is 37.2 Å². The van der Waals surface area contributed by atoms with Gasteiger partial charge in [-0.05, 0) is 6.07 Å². The predicted octanol–water partition coefficient (Wildman–Crippen LogP) is 1.51. The lowest BCUT2D eigenvalue weighted by Gasteiger charge is -2.35. The smallest absolute Gasteiger partial charge is 0.249 e. The minimum atomic E-state index is 0.106. The number of nitrogens with one attached hydrogen (secondary N) is 1. The molecule has 1 fully saturated rings. The Kier molecular flexibility index (Phi) is 4.75. The monoisotopic (exact) mass is 302 g/mol. The summed E-state index contributed by atoms with van der Waals surface area (Å²) in [5.41, 5.74) is 1.98. The molecule has 2 heterocycles. The molecule has 1 saturated heterocycles. The van der Waals surface area contributed by atoms with Gasteiger partial charge < -0.3 is 19.7 Å². The lowest BCUT2D eigenvalue weighted by Crippen LogP contribution is -2.49. The van der Waals surface area contributed by atoms with Crippen LogP contribution in [0.1, 0.15) is 18.0 Å². The van der Waals surface area contributed by atoms with Crippen LogP contribution in [0.5, 0.6) is 5.75 Å². The molecule has 0 saturated carbocycles. The van der Waals surface area contributed by atoms with Crippen LogP contribution in [0.2, 0.25) is 0 Å². The van der Waals surface area contributed by atoms with E-state index in [1.165, 1.54) is 0 Å². The van der Waals surface area contributed by atoms with E-state index in [1.54, 1.807) is 7.11 Å². The van der Waals surface area contributed by atoms with Crippen LogP contribution in [0, 0.1) is 0 Å². The first-order valence-electron chi connectivity index (χ1n) is 7.72. The molecule has 0 radical (unpaired) electrons. The lowest BCUT2D eigenvalue weighted by molar-refractivity contribution is -0.128. The molecule has 5 nitrogen and oxygen atoms in total. The van der Waals surface area contributed by atoms with Crippen LogP contribution in [0.4, 0.5) is 0 Å². The number of hydrogen-bond acceptors (Lipinski definition) is 4. The van der Waals surface area contributed by atoms with Crippen molar-refractivity contribution in [3.05, 3.63) is 41.5 Å². The number of carbonyl (C=O) groups is 1. The zero-order valence-corrected chi connectivity index (χ0v) is 12.9. The van der Waals surface area contributed by atoms with Gasteiger partial charge in [-0.15, -0.1) is 0 Å². The third-order valence-corrected chi connectivity index (χ3v) is 4.21. The predicted molar refractivity (Wildman–Crippen MR) is 83.8 cm³/mol. The molecule has 1 N–H and O–H groups in total. The summed E-state index contributed by atoms with van der Waals surface area (Å²) in [6.07, 6.45) is 2.62. The standard InChI is InChI=1S/C17H22N2O3/c1-21-16-5-3-2-4-14(16)15-12-19(9-8-18-15)17(20)13-6-10-22-11-7-13/h2-6,15,18H,7-12H2,1H3. The van der Waals surface area contributed by atoms with E-state index in [0.717, 1.165) is 30.0 Å². The number of nitrogens with zero attached hydrogens (tertiary/aromatic N) is 1. The Balaban J connectivity index is 1.74. The Bertz CT molecular complexity index is 571. The molecule has 0 aliphatic carbocycles. The van der Waals surface area contributed by atoms with Crippen molar-refractivity contribution < 1.29 is 14.3 Å². The normalized spacial score (nSPS) is 22.1. The second-order valence-corrected chi connectivity index (χ2v) is 5.55. The van der Waals surface area contributed by atoms with Gasteiger partial charge in [0.1, 0.15) is 5.75 Å². The van der Waals surface area contributed by atoms with Gasteiger partial charge in [-0.25, -0.2) is 0 Å². The first-order chi connectivity index (χ1) is 10.8. The van der Waals surface area contributed by atoms with Gasteiger partial charge in [-0.3, -0.25) is 4.79 Å². The van der Waals surface area contributed by atoms with Gasteiger partial charge in [-0.1, -0.05) is 24.3 Å². The van der Waals surface area contributed by atoms with Crippen LogP contribution in [0.3, 0.4) is 0 Å². The highest BCUT2D eigenvalue weighted by Crippen LogP contribution is 2.27. The van der Waals surface area contributed by atoms with Crippen molar-refractivity contribution in [2.75, 3.05) is 40.0 Å². The minimum Gasteiger partial charge on any atom is -0.496 e. The molecular formula is C17H22N2O3. The summed E-state index contributed by atoms with van der Waals surface area (Å²) < 4.78 is 10.7. The maximum atomic E-state index is 12.6. The van der Waals surface area contributed by atoms with Crippen LogP contribution in [0.15, 0.2) is 35.9 Å². The fraction of sp³-hybridized carbons (Fsp3) is 0.471. The maximum Gasteiger partial charge on any atom is 0.249 e. The summed E-state index contributed by atoms with van der Waals surface area (Å²) in [6.45, 7) is 3.38. The average Bonchev–Trinajstić information content (AvgIpc) is 2.62. The average molecular weight is 302 g/mol. The molecule has 3 rings (SSSR count). The number of amides is 1. The maximum absolute atomic E-state index is 12.6. The summed E-state index contributed by atoms with van der Waals surface area (Å²) in [7, 11) is 1.68. The second-order valence-electron chi connectivity index (χ2n) is 5.55. The minimum absolute atomic E-state index is 0.106. The van der Waals surface area contributed by atoms with Crippen molar-refractivity contribution in [2.45, 2.75) is 12.5 Å². The number of para-hydroxylation sites is 1. The van der Waals surface area contributed by atoms with Gasteiger partial charge in [0.2, 0.25) is 5.91 Å². The van der Waals surface area contributed by atoms with Crippen LogP contribution in [-0.2, 0) is 9.53 Å². The number of hydrogen-bond donors (Lipinski definition) is 1. The number of benzene rings is 1. The molecule has 1 unspecified atom stereocenters. The van der Waals surface area contributed by atoms with E-state index < -0.39 is 0 Å². The second kappa shape index (κ2) is 6.94. The Morgan fingerprint density at radius 1 is 1.41 bits per heavy atom. The number of methoxy groups -OCH3 is 1. The summed E-state index contributed by atoms with van der Waals surface area (Å²) in [4.78, 5) is 14.6. The zero-order chi connectivity index (χ0) is 15.4. The van der Waals surface area contributed by atoms with Gasteiger partial charge in [0.05, 0.1) is 26.4 Å². The zero-order valence-electron chi connectivity index (χ0n) is 12.9. The molecule has 0 spiro atoms. The van der Waals surface area contributed by atoms with Crippen LogP contribution in [0.25, 0.3) is 0 Å². The highest BCUT2D eigenvalue weighted by Gasteiger charge is 2.27. The molecule has 2 aliphatic rings. The van der Waals surface area contributed by atoms with Gasteiger partial charge >= 0.3 is 0 Å². The highest BCUT2D eigenvalue weighted by molar-refractivity contribution is 5.93. The number of ether oxygens (including phenoxy) is 2. The van der Waals surface area contributed by atoms with Gasteiger partial charge in [0.25, 0.3) is 0 Å². The number of carbonyl (C=O) groups excluding carboxylic acids is 1. The molecule has 1 amide bonds. The van der Waals surface area contributed by atoms with Gasteiger partial charge in [-0.2, -0.15) is 0 Å². The van der Waals surface area contributed by atoms with Gasteiger partial charge in [0.15, 0.2) is 0 Å². The first kappa shape index (κ1) is 15.1. The summed E-state index contributed by atoms with van der Waals surface area (Å²) >= 11 is 0. The molecule has 2 aliphatic heterocycles. The van der Waals surface area contributed by atoms with Crippen molar-refractivity contribution in [1.29, 1.82) is 0 Å². The fourth-order valence-electron chi connectivity index (χ4n) is 3.02. The molecule has 1 aromatic carbocycles. The third kappa shape index (κ3) is 3.15. The van der Waals surface area contributed by atoms with Crippen molar-refractivity contribution in [3.63, 3.8) is 0 Å². The van der Waals surface area contributed by atoms with E-state index in [1.807, 2.05) is 29.2 Å². The largest absolute Gasteiger partial charge is 0.496 e. The van der Waals surface area contributed by atoms with E-state index in [-0.39, 0.29) is 11.9 Å². The Morgan fingerprint density at radius 2 is 2.27 bits per heavy atom. The first-order valence-corrected chi connectivity index (χ1v) is 7.72. The number of piperazine rings is 1. The van der Waals surface area contributed by atoms with E-state index in [4.69, 9.17) is 9.47 Å².